The molecule has 2 aromatic heterocycles. The minimum Gasteiger partial charge on any atom is -0.397 e. The van der Waals surface area contributed by atoms with Crippen molar-refractivity contribution in [1.29, 1.82) is 0 Å². The van der Waals surface area contributed by atoms with Crippen molar-refractivity contribution in [3.63, 3.8) is 0 Å². The highest BCUT2D eigenvalue weighted by atomic mass is 16.7. The van der Waals surface area contributed by atoms with Gasteiger partial charge in [-0.1, -0.05) is 0 Å². The quantitative estimate of drug-likeness (QED) is 0.823. The monoisotopic (exact) mass is 250 g/mol. The van der Waals surface area contributed by atoms with Crippen LogP contribution in [0.3, 0.4) is 0 Å². The van der Waals surface area contributed by atoms with E-state index in [9.17, 15) is 4.79 Å². The van der Waals surface area contributed by atoms with Gasteiger partial charge in [0.05, 0.1) is 23.8 Å². The third kappa shape index (κ3) is 2.12. The fraction of sp³-hybridized carbons (Fsp3) is 0.364. The van der Waals surface area contributed by atoms with E-state index in [1.54, 1.807) is 36.9 Å². The van der Waals surface area contributed by atoms with Gasteiger partial charge in [-0.25, -0.2) is 14.8 Å². The van der Waals surface area contributed by atoms with Gasteiger partial charge in [-0.15, -0.1) is 0 Å². The smallest absolute Gasteiger partial charge is 0.397 e. The number of aromatic nitrogens is 3. The molecule has 18 heavy (non-hydrogen) atoms. The second kappa shape index (κ2) is 4.61. The SMILES string of the molecule is CCOC(C)(OC(N)=O)n1ccc2ncncc21. The maximum Gasteiger partial charge on any atom is 0.408 e. The summed E-state index contributed by atoms with van der Waals surface area (Å²) < 4.78 is 12.2. The largest absolute Gasteiger partial charge is 0.408 e. The van der Waals surface area contributed by atoms with Gasteiger partial charge in [0.15, 0.2) is 0 Å². The molecule has 1 unspecified atom stereocenters. The molecule has 1 atom stereocenters. The number of carbonyl (C=O) groups is 1. The zero-order chi connectivity index (χ0) is 13.2. The molecule has 96 valence electrons. The number of hydrogen-bond donors (Lipinski definition) is 1. The van der Waals surface area contributed by atoms with Crippen LogP contribution in [0.5, 0.6) is 0 Å². The summed E-state index contributed by atoms with van der Waals surface area (Å²) in [5, 5.41) is 0. The zero-order valence-corrected chi connectivity index (χ0v) is 10.2. The summed E-state index contributed by atoms with van der Waals surface area (Å²) in [5.41, 5.74) is 6.49. The van der Waals surface area contributed by atoms with Crippen LogP contribution >= 0.6 is 0 Å². The van der Waals surface area contributed by atoms with Crippen LogP contribution in [0.15, 0.2) is 24.8 Å². The molecule has 7 nitrogen and oxygen atoms in total. The summed E-state index contributed by atoms with van der Waals surface area (Å²) in [7, 11) is 0. The fourth-order valence-corrected chi connectivity index (χ4v) is 1.83. The number of hydrogen-bond acceptors (Lipinski definition) is 5. The van der Waals surface area contributed by atoms with E-state index in [1.165, 1.54) is 6.33 Å². The summed E-state index contributed by atoms with van der Waals surface area (Å²) in [4.78, 5) is 19.0. The lowest BCUT2D eigenvalue weighted by Gasteiger charge is -2.30. The molecule has 0 bridgehead atoms. The predicted octanol–water partition coefficient (Wildman–Crippen LogP) is 1.19. The molecular formula is C11H14N4O3. The molecule has 2 heterocycles. The number of ether oxygens (including phenoxy) is 2. The van der Waals surface area contributed by atoms with E-state index < -0.39 is 12.0 Å². The van der Waals surface area contributed by atoms with Gasteiger partial charge < -0.3 is 15.2 Å². The summed E-state index contributed by atoms with van der Waals surface area (Å²) in [6.07, 6.45) is 3.85. The van der Waals surface area contributed by atoms with Crippen LogP contribution in [0, 0.1) is 0 Å². The van der Waals surface area contributed by atoms with Gasteiger partial charge in [0.25, 0.3) is 5.91 Å². The van der Waals surface area contributed by atoms with Crippen molar-refractivity contribution in [2.24, 2.45) is 5.73 Å². The number of nitrogens with two attached hydrogens (primary N) is 1. The Labute approximate surface area is 104 Å². The molecule has 0 aliphatic rings. The van der Waals surface area contributed by atoms with Crippen LogP contribution in [0.2, 0.25) is 0 Å². The molecule has 2 aromatic rings. The summed E-state index contributed by atoms with van der Waals surface area (Å²) in [6, 6.07) is 1.78. The molecule has 0 aromatic carbocycles. The second-order valence-corrected chi connectivity index (χ2v) is 3.73. The minimum atomic E-state index is -1.31. The van der Waals surface area contributed by atoms with Crippen LogP contribution < -0.4 is 5.73 Å². The lowest BCUT2D eigenvalue weighted by molar-refractivity contribution is -0.242. The molecule has 0 radical (unpaired) electrons. The van der Waals surface area contributed by atoms with E-state index in [0.29, 0.717) is 12.1 Å². The van der Waals surface area contributed by atoms with Crippen molar-refractivity contribution in [2.75, 3.05) is 6.61 Å². The molecule has 0 aliphatic carbocycles. The Balaban J connectivity index is 2.50. The third-order valence-electron chi connectivity index (χ3n) is 2.50. The van der Waals surface area contributed by atoms with E-state index in [0.717, 1.165) is 5.52 Å². The Morgan fingerprint density at radius 1 is 1.61 bits per heavy atom. The van der Waals surface area contributed by atoms with E-state index in [4.69, 9.17) is 15.2 Å². The fourth-order valence-electron chi connectivity index (χ4n) is 1.83. The molecule has 0 spiro atoms. The van der Waals surface area contributed by atoms with Gasteiger partial charge in [0.1, 0.15) is 6.33 Å². The van der Waals surface area contributed by atoms with Crippen molar-refractivity contribution in [3.05, 3.63) is 24.8 Å². The van der Waals surface area contributed by atoms with Crippen molar-refractivity contribution in [3.8, 4) is 0 Å². The highest BCUT2D eigenvalue weighted by molar-refractivity contribution is 5.74. The number of primary amides is 1. The number of fused-ring (bicyclic) bond motifs is 1. The molecule has 0 aliphatic heterocycles. The zero-order valence-electron chi connectivity index (χ0n) is 10.2. The highest BCUT2D eigenvalue weighted by Crippen LogP contribution is 2.25. The van der Waals surface area contributed by atoms with Crippen molar-refractivity contribution < 1.29 is 14.3 Å². The summed E-state index contributed by atoms with van der Waals surface area (Å²) in [5.74, 6) is -1.31. The molecule has 1 amide bonds. The first-order chi connectivity index (χ1) is 8.57. The number of carbonyl (C=O) groups excluding carboxylic acids is 1. The van der Waals surface area contributed by atoms with Crippen LogP contribution in [0.1, 0.15) is 13.8 Å². The molecule has 2 N–H and O–H groups in total. The lowest BCUT2D eigenvalue weighted by atomic mass is 10.4. The minimum absolute atomic E-state index is 0.358. The maximum atomic E-state index is 11.0. The van der Waals surface area contributed by atoms with E-state index >= 15 is 0 Å². The molecule has 7 heteroatoms. The van der Waals surface area contributed by atoms with E-state index in [-0.39, 0.29) is 0 Å². The van der Waals surface area contributed by atoms with Crippen molar-refractivity contribution in [1.82, 2.24) is 14.5 Å². The van der Waals surface area contributed by atoms with E-state index in [2.05, 4.69) is 9.97 Å². The molecule has 0 fully saturated rings. The second-order valence-electron chi connectivity index (χ2n) is 3.73. The normalized spacial score (nSPS) is 14.3. The summed E-state index contributed by atoms with van der Waals surface area (Å²) >= 11 is 0. The first kappa shape index (κ1) is 12.3. The first-order valence-corrected chi connectivity index (χ1v) is 5.47. The van der Waals surface area contributed by atoms with Crippen LogP contribution in [0.4, 0.5) is 4.79 Å². The Kier molecular flexibility index (Phi) is 3.15. The predicted molar refractivity (Wildman–Crippen MR) is 63.5 cm³/mol. The van der Waals surface area contributed by atoms with Gasteiger partial charge in [-0.2, -0.15) is 0 Å². The maximum absolute atomic E-state index is 11.0. The van der Waals surface area contributed by atoms with Gasteiger partial charge in [-0.05, 0) is 13.0 Å². The van der Waals surface area contributed by atoms with Crippen LogP contribution in [0.25, 0.3) is 11.0 Å². The number of amides is 1. The Morgan fingerprint density at radius 3 is 3.06 bits per heavy atom. The van der Waals surface area contributed by atoms with Crippen molar-refractivity contribution >= 4 is 17.1 Å². The molecular weight excluding hydrogens is 236 g/mol. The van der Waals surface area contributed by atoms with Gasteiger partial charge >= 0.3 is 6.09 Å². The highest BCUT2D eigenvalue weighted by Gasteiger charge is 2.32. The average molecular weight is 250 g/mol. The Bertz CT molecular complexity index is 568. The third-order valence-corrected chi connectivity index (χ3v) is 2.50. The van der Waals surface area contributed by atoms with Crippen LogP contribution in [-0.2, 0) is 15.4 Å². The number of rotatable bonds is 4. The first-order valence-electron chi connectivity index (χ1n) is 5.47. The van der Waals surface area contributed by atoms with Crippen molar-refractivity contribution in [2.45, 2.75) is 19.8 Å². The van der Waals surface area contributed by atoms with Gasteiger partial charge in [0.2, 0.25) is 0 Å². The Morgan fingerprint density at radius 2 is 2.39 bits per heavy atom. The van der Waals surface area contributed by atoms with E-state index in [1.807, 2.05) is 0 Å². The number of nitrogens with zero attached hydrogens (tertiary/aromatic N) is 3. The molecule has 2 rings (SSSR count). The summed E-state index contributed by atoms with van der Waals surface area (Å²) in [6.45, 7) is 3.76. The standard InChI is InChI=1S/C11H14N4O3/c1-3-17-11(2,18-10(12)16)15-5-4-8-9(15)6-13-7-14-8/h4-7H,3H2,1-2H3,(H2,12,16). The Hall–Kier alpha value is -2.15. The topological polar surface area (TPSA) is 92.3 Å². The molecule has 0 saturated heterocycles. The van der Waals surface area contributed by atoms with Gasteiger partial charge in [-0.3, -0.25) is 4.57 Å². The lowest BCUT2D eigenvalue weighted by Crippen LogP contribution is -2.39. The van der Waals surface area contributed by atoms with Gasteiger partial charge in [0, 0.05) is 13.1 Å². The average Bonchev–Trinajstić information content (AvgIpc) is 2.72. The van der Waals surface area contributed by atoms with Crippen LogP contribution in [-0.4, -0.2) is 27.2 Å². The molecule has 0 saturated carbocycles.